The maximum atomic E-state index is 13.5. The van der Waals surface area contributed by atoms with Gasteiger partial charge in [-0.15, -0.1) is 5.10 Å². The minimum absolute atomic E-state index is 0.103. The Morgan fingerprint density at radius 2 is 2.10 bits per heavy atom. The van der Waals surface area contributed by atoms with Crippen LogP contribution in [0.15, 0.2) is 18.2 Å². The molecule has 2 aromatic rings. The molecule has 0 saturated heterocycles. The molecule has 164 valence electrons. The number of amides is 2. The summed E-state index contributed by atoms with van der Waals surface area (Å²) in [7, 11) is 0. The second-order valence-corrected chi connectivity index (χ2v) is 7.35. The number of ketones is 1. The van der Waals surface area contributed by atoms with Crippen molar-refractivity contribution in [1.82, 2.24) is 19.9 Å². The Bertz CT molecular complexity index is 1060. The molecule has 2 heterocycles. The van der Waals surface area contributed by atoms with Crippen LogP contribution in [0.4, 0.5) is 28.0 Å². The number of aromatic nitrogens is 3. The third kappa shape index (κ3) is 4.65. The van der Waals surface area contributed by atoms with Crippen LogP contribution in [0.2, 0.25) is 0 Å². The van der Waals surface area contributed by atoms with E-state index in [4.69, 9.17) is 5.26 Å². The molecule has 0 aliphatic carbocycles. The fourth-order valence-corrected chi connectivity index (χ4v) is 3.17. The van der Waals surface area contributed by atoms with Crippen LogP contribution in [-0.4, -0.2) is 43.9 Å². The van der Waals surface area contributed by atoms with Crippen molar-refractivity contribution in [2.75, 3.05) is 5.32 Å². The standard InChI is InChI=1S/C19H18F4N6O2/c1-10(19(21,22)23)5-16(30)17-15-9-28(11(2)8-29(15)27-26-17)18(31)25-13-3-4-14(20)12(6-13)7-24/h3-4,6,10-11H,5,8-9H2,1-2H3,(H,25,31)/t10-,11-/m0/s1. The van der Waals surface area contributed by atoms with Gasteiger partial charge in [-0.1, -0.05) is 12.1 Å². The Morgan fingerprint density at radius 1 is 1.39 bits per heavy atom. The summed E-state index contributed by atoms with van der Waals surface area (Å²) in [6.07, 6.45) is -5.29. The van der Waals surface area contributed by atoms with Crippen molar-refractivity contribution in [2.24, 2.45) is 5.92 Å². The molecule has 1 aromatic carbocycles. The van der Waals surface area contributed by atoms with Gasteiger partial charge in [0, 0.05) is 12.1 Å². The fourth-order valence-electron chi connectivity index (χ4n) is 3.17. The minimum atomic E-state index is -4.51. The van der Waals surface area contributed by atoms with Gasteiger partial charge in [0.15, 0.2) is 11.5 Å². The van der Waals surface area contributed by atoms with Gasteiger partial charge in [0.2, 0.25) is 0 Å². The van der Waals surface area contributed by atoms with Crippen molar-refractivity contribution in [1.29, 1.82) is 5.26 Å². The number of carbonyl (C=O) groups is 2. The van der Waals surface area contributed by atoms with Crippen molar-refractivity contribution in [3.05, 3.63) is 41.0 Å². The highest BCUT2D eigenvalue weighted by molar-refractivity contribution is 5.95. The van der Waals surface area contributed by atoms with E-state index in [2.05, 4.69) is 15.6 Å². The normalized spacial score (nSPS) is 16.9. The highest BCUT2D eigenvalue weighted by Gasteiger charge is 2.39. The second kappa shape index (κ2) is 8.33. The number of halogens is 4. The van der Waals surface area contributed by atoms with E-state index in [0.717, 1.165) is 13.0 Å². The molecule has 1 aromatic heterocycles. The van der Waals surface area contributed by atoms with Crippen molar-refractivity contribution >= 4 is 17.5 Å². The first-order chi connectivity index (χ1) is 14.5. The zero-order valence-electron chi connectivity index (χ0n) is 16.6. The van der Waals surface area contributed by atoms with Crippen LogP contribution in [-0.2, 0) is 13.1 Å². The summed E-state index contributed by atoms with van der Waals surface area (Å²) in [6, 6.07) is 4.24. The molecule has 2 atom stereocenters. The molecule has 2 amide bonds. The van der Waals surface area contributed by atoms with Crippen LogP contribution in [0, 0.1) is 23.1 Å². The molecular weight excluding hydrogens is 420 g/mol. The van der Waals surface area contributed by atoms with Crippen molar-refractivity contribution in [3.63, 3.8) is 0 Å². The predicted molar refractivity (Wildman–Crippen MR) is 99.3 cm³/mol. The molecule has 1 aliphatic heterocycles. The van der Waals surface area contributed by atoms with Crippen LogP contribution >= 0.6 is 0 Å². The molecule has 0 fully saturated rings. The zero-order chi connectivity index (χ0) is 22.9. The number of hydrogen-bond acceptors (Lipinski definition) is 5. The molecule has 0 radical (unpaired) electrons. The molecule has 1 N–H and O–H groups in total. The lowest BCUT2D eigenvalue weighted by Crippen LogP contribution is -2.47. The summed E-state index contributed by atoms with van der Waals surface area (Å²) in [4.78, 5) is 26.5. The van der Waals surface area contributed by atoms with Gasteiger partial charge in [0.25, 0.3) is 0 Å². The number of nitriles is 1. The van der Waals surface area contributed by atoms with Gasteiger partial charge >= 0.3 is 12.2 Å². The summed E-state index contributed by atoms with van der Waals surface area (Å²) < 4.78 is 53.3. The number of urea groups is 1. The minimum Gasteiger partial charge on any atom is -0.314 e. The highest BCUT2D eigenvalue weighted by atomic mass is 19.4. The number of hydrogen-bond donors (Lipinski definition) is 1. The molecule has 31 heavy (non-hydrogen) atoms. The first-order valence-electron chi connectivity index (χ1n) is 9.30. The van der Waals surface area contributed by atoms with Gasteiger partial charge in [-0.3, -0.25) is 4.79 Å². The van der Waals surface area contributed by atoms with Crippen molar-refractivity contribution < 1.29 is 27.2 Å². The van der Waals surface area contributed by atoms with Crippen LogP contribution in [0.1, 0.15) is 42.0 Å². The number of carbonyl (C=O) groups excluding carboxylic acids is 2. The average Bonchev–Trinajstić information content (AvgIpc) is 3.10. The zero-order valence-corrected chi connectivity index (χ0v) is 16.6. The third-order valence-electron chi connectivity index (χ3n) is 5.04. The lowest BCUT2D eigenvalue weighted by Gasteiger charge is -2.33. The summed E-state index contributed by atoms with van der Waals surface area (Å²) in [5.74, 6) is -3.37. The van der Waals surface area contributed by atoms with Crippen molar-refractivity contribution in [3.8, 4) is 6.07 Å². The maximum Gasteiger partial charge on any atom is 0.391 e. The van der Waals surface area contributed by atoms with Gasteiger partial charge in [-0.2, -0.15) is 18.4 Å². The van der Waals surface area contributed by atoms with Crippen molar-refractivity contribution in [2.45, 2.75) is 45.6 Å². The highest BCUT2D eigenvalue weighted by Crippen LogP contribution is 2.30. The van der Waals surface area contributed by atoms with E-state index >= 15 is 0 Å². The third-order valence-corrected chi connectivity index (χ3v) is 5.04. The molecule has 12 heteroatoms. The SMILES string of the molecule is C[C@H]1Cn2nnc(C(=O)C[C@H](C)C(F)(F)F)c2CN1C(=O)Nc1ccc(F)c(C#N)c1. The average molecular weight is 438 g/mol. The number of nitrogens with one attached hydrogen (secondary N) is 1. The number of fused-ring (bicyclic) bond motifs is 1. The second-order valence-electron chi connectivity index (χ2n) is 7.35. The quantitative estimate of drug-likeness (QED) is 0.581. The van der Waals surface area contributed by atoms with Gasteiger partial charge in [-0.05, 0) is 25.1 Å². The van der Waals surface area contributed by atoms with Crippen LogP contribution in [0.3, 0.4) is 0 Å². The van der Waals surface area contributed by atoms with E-state index in [1.807, 2.05) is 0 Å². The Kier molecular flexibility index (Phi) is 5.97. The molecule has 1 aliphatic rings. The van der Waals surface area contributed by atoms with E-state index in [1.54, 1.807) is 13.0 Å². The molecule has 3 rings (SSSR count). The fraction of sp³-hybridized carbons (Fsp3) is 0.421. The summed E-state index contributed by atoms with van der Waals surface area (Å²) in [6.45, 7) is 2.72. The molecule has 0 unspecified atom stereocenters. The van der Waals surface area contributed by atoms with E-state index in [1.165, 1.54) is 21.7 Å². The molecule has 0 spiro atoms. The Hall–Kier alpha value is -3.49. The van der Waals surface area contributed by atoms with E-state index in [0.29, 0.717) is 0 Å². The van der Waals surface area contributed by atoms with E-state index < -0.39 is 36.1 Å². The van der Waals surface area contributed by atoms with Crippen LogP contribution < -0.4 is 5.32 Å². The van der Waals surface area contributed by atoms with Gasteiger partial charge < -0.3 is 10.2 Å². The predicted octanol–water partition coefficient (Wildman–Crippen LogP) is 3.50. The number of rotatable bonds is 4. The number of anilines is 1. The number of Topliss-reactive ketones (excluding diaryl/α,β-unsaturated/α-hetero) is 1. The monoisotopic (exact) mass is 438 g/mol. The van der Waals surface area contributed by atoms with Crippen LogP contribution in [0.25, 0.3) is 0 Å². The lowest BCUT2D eigenvalue weighted by molar-refractivity contribution is -0.168. The van der Waals surface area contributed by atoms with Crippen LogP contribution in [0.5, 0.6) is 0 Å². The van der Waals surface area contributed by atoms with Gasteiger partial charge in [0.1, 0.15) is 11.9 Å². The largest absolute Gasteiger partial charge is 0.391 e. The smallest absolute Gasteiger partial charge is 0.314 e. The summed E-state index contributed by atoms with van der Waals surface area (Å²) in [5, 5.41) is 19.0. The van der Waals surface area contributed by atoms with Gasteiger partial charge in [0.05, 0.1) is 36.3 Å². The topological polar surface area (TPSA) is 104 Å². The lowest BCUT2D eigenvalue weighted by atomic mass is 10.0. The molecule has 0 bridgehead atoms. The van der Waals surface area contributed by atoms with Gasteiger partial charge in [-0.25, -0.2) is 13.9 Å². The number of benzene rings is 1. The number of alkyl halides is 3. The van der Waals surface area contributed by atoms with E-state index in [9.17, 15) is 27.2 Å². The maximum absolute atomic E-state index is 13.5. The number of nitrogens with zero attached hydrogens (tertiary/aromatic N) is 5. The van der Waals surface area contributed by atoms with E-state index in [-0.39, 0.29) is 41.8 Å². The molecular formula is C19H18F4N6O2. The first-order valence-corrected chi connectivity index (χ1v) is 9.30. The Morgan fingerprint density at radius 3 is 2.74 bits per heavy atom. The first kappa shape index (κ1) is 22.2. The summed E-state index contributed by atoms with van der Waals surface area (Å²) >= 11 is 0. The summed E-state index contributed by atoms with van der Waals surface area (Å²) in [5.41, 5.74) is -0.000104. The Balaban J connectivity index is 1.78. The molecule has 0 saturated carbocycles. The Labute approximate surface area is 174 Å². The molecule has 8 nitrogen and oxygen atoms in total.